The average molecular weight is 276 g/mol. The Bertz CT molecular complexity index is 516. The second kappa shape index (κ2) is 6.05. The van der Waals surface area contributed by atoms with E-state index in [1.807, 2.05) is 38.1 Å². The van der Waals surface area contributed by atoms with Crippen molar-refractivity contribution in [1.29, 1.82) is 0 Å². The van der Waals surface area contributed by atoms with Crippen LogP contribution in [0, 0.1) is 6.92 Å². The summed E-state index contributed by atoms with van der Waals surface area (Å²) in [5.41, 5.74) is 2.18. The Hall–Kier alpha value is -1.88. The van der Waals surface area contributed by atoms with Crippen LogP contribution in [0.5, 0.6) is 0 Å². The molecule has 1 amide bonds. The van der Waals surface area contributed by atoms with Crippen molar-refractivity contribution < 1.29 is 14.3 Å². The summed E-state index contributed by atoms with van der Waals surface area (Å²) in [4.78, 5) is 25.2. The molecule has 2 rings (SSSR count). The Morgan fingerprint density at radius 3 is 2.85 bits per heavy atom. The Labute approximate surface area is 118 Å². The van der Waals surface area contributed by atoms with Crippen molar-refractivity contribution >= 4 is 11.9 Å². The maximum absolute atomic E-state index is 12.2. The number of aryl methyl sites for hydroxylation is 1. The molecule has 2 atom stereocenters. The van der Waals surface area contributed by atoms with Crippen LogP contribution in [-0.2, 0) is 14.3 Å². The molecule has 0 spiro atoms. The molecule has 108 valence electrons. The van der Waals surface area contributed by atoms with Gasteiger partial charge in [-0.05, 0) is 19.4 Å². The fourth-order valence-electron chi connectivity index (χ4n) is 2.44. The number of amides is 1. The molecule has 0 bridgehead atoms. The number of esters is 1. The van der Waals surface area contributed by atoms with E-state index in [9.17, 15) is 9.59 Å². The van der Waals surface area contributed by atoms with Gasteiger partial charge in [-0.1, -0.05) is 29.8 Å². The van der Waals surface area contributed by atoms with Crippen LogP contribution in [0.1, 0.15) is 30.6 Å². The maximum Gasteiger partial charge on any atom is 0.307 e. The number of rotatable bonds is 4. The molecule has 0 saturated carbocycles. The molecule has 0 radical (unpaired) electrons. The summed E-state index contributed by atoms with van der Waals surface area (Å²) in [7, 11) is 1.35. The Morgan fingerprint density at radius 2 is 2.20 bits per heavy atom. The molecule has 2 unspecified atom stereocenters. The monoisotopic (exact) mass is 276 g/mol. The summed E-state index contributed by atoms with van der Waals surface area (Å²) >= 11 is 0. The number of ether oxygens (including phenoxy) is 1. The molecule has 1 heterocycles. The molecule has 1 N–H and O–H groups in total. The standard InChI is InChI=1S/C15H20N2O3/c1-10-5-4-6-12(9-10)14-16-11(2)15(19)17(14)8-7-13(18)20-3/h4-6,9,11,14,16H,7-8H2,1-3H3. The van der Waals surface area contributed by atoms with E-state index in [-0.39, 0.29) is 30.5 Å². The summed E-state index contributed by atoms with van der Waals surface area (Å²) in [5, 5.41) is 3.26. The summed E-state index contributed by atoms with van der Waals surface area (Å²) < 4.78 is 4.63. The molecule has 1 saturated heterocycles. The first kappa shape index (κ1) is 14.5. The lowest BCUT2D eigenvalue weighted by Gasteiger charge is -2.24. The molecule has 1 aromatic carbocycles. The predicted octanol–water partition coefficient (Wildman–Crippen LogP) is 1.38. The van der Waals surface area contributed by atoms with E-state index < -0.39 is 0 Å². The zero-order chi connectivity index (χ0) is 14.7. The Kier molecular flexibility index (Phi) is 4.39. The first-order chi connectivity index (χ1) is 9.52. The quantitative estimate of drug-likeness (QED) is 0.844. The van der Waals surface area contributed by atoms with Gasteiger partial charge >= 0.3 is 5.97 Å². The van der Waals surface area contributed by atoms with E-state index >= 15 is 0 Å². The minimum Gasteiger partial charge on any atom is -0.469 e. The third-order valence-corrected chi connectivity index (χ3v) is 3.52. The van der Waals surface area contributed by atoms with Crippen molar-refractivity contribution in [3.63, 3.8) is 0 Å². The minimum atomic E-state index is -0.305. The van der Waals surface area contributed by atoms with Crippen molar-refractivity contribution in [1.82, 2.24) is 10.2 Å². The molecule has 1 fully saturated rings. The van der Waals surface area contributed by atoms with Gasteiger partial charge in [-0.2, -0.15) is 0 Å². The second-order valence-corrected chi connectivity index (χ2v) is 5.06. The SMILES string of the molecule is COC(=O)CCN1C(=O)C(C)NC1c1cccc(C)c1. The largest absolute Gasteiger partial charge is 0.469 e. The summed E-state index contributed by atoms with van der Waals surface area (Å²) in [6.45, 7) is 4.22. The number of benzene rings is 1. The Morgan fingerprint density at radius 1 is 1.45 bits per heavy atom. The normalized spacial score (nSPS) is 22.1. The number of carbonyl (C=O) groups excluding carboxylic acids is 2. The molecule has 1 aromatic rings. The summed E-state index contributed by atoms with van der Waals surface area (Å²) in [6, 6.07) is 7.79. The van der Waals surface area contributed by atoms with Gasteiger partial charge in [0.2, 0.25) is 5.91 Å². The van der Waals surface area contributed by atoms with Gasteiger partial charge < -0.3 is 9.64 Å². The van der Waals surface area contributed by atoms with Crippen molar-refractivity contribution in [3.05, 3.63) is 35.4 Å². The van der Waals surface area contributed by atoms with Crippen LogP contribution in [0.15, 0.2) is 24.3 Å². The van der Waals surface area contributed by atoms with Gasteiger partial charge in [0, 0.05) is 6.54 Å². The van der Waals surface area contributed by atoms with Gasteiger partial charge in [-0.15, -0.1) is 0 Å². The molecule has 1 aliphatic heterocycles. The highest BCUT2D eigenvalue weighted by Crippen LogP contribution is 2.26. The van der Waals surface area contributed by atoms with Crippen LogP contribution in [0.4, 0.5) is 0 Å². The fourth-order valence-corrected chi connectivity index (χ4v) is 2.44. The maximum atomic E-state index is 12.2. The second-order valence-electron chi connectivity index (χ2n) is 5.06. The van der Waals surface area contributed by atoms with Gasteiger partial charge in [0.25, 0.3) is 0 Å². The van der Waals surface area contributed by atoms with Gasteiger partial charge in [-0.3, -0.25) is 14.9 Å². The molecule has 0 aliphatic carbocycles. The number of nitrogens with one attached hydrogen (secondary N) is 1. The molecular weight excluding hydrogens is 256 g/mol. The lowest BCUT2D eigenvalue weighted by molar-refractivity contribution is -0.141. The van der Waals surface area contributed by atoms with Crippen LogP contribution < -0.4 is 5.32 Å². The minimum absolute atomic E-state index is 0.0143. The number of carbonyl (C=O) groups is 2. The zero-order valence-corrected chi connectivity index (χ0v) is 12.1. The zero-order valence-electron chi connectivity index (χ0n) is 12.1. The molecular formula is C15H20N2O3. The lowest BCUT2D eigenvalue weighted by Crippen LogP contribution is -2.32. The van der Waals surface area contributed by atoms with Crippen molar-refractivity contribution in [2.45, 2.75) is 32.5 Å². The van der Waals surface area contributed by atoms with E-state index in [2.05, 4.69) is 10.1 Å². The summed E-state index contributed by atoms with van der Waals surface area (Å²) in [5.74, 6) is -0.291. The molecule has 20 heavy (non-hydrogen) atoms. The molecule has 5 nitrogen and oxygen atoms in total. The molecule has 1 aliphatic rings. The summed E-state index contributed by atoms with van der Waals surface area (Å²) in [6.07, 6.45) is 0.0286. The van der Waals surface area contributed by atoms with Gasteiger partial charge in [0.15, 0.2) is 0 Å². The third-order valence-electron chi connectivity index (χ3n) is 3.52. The number of methoxy groups -OCH3 is 1. The van der Waals surface area contributed by atoms with Gasteiger partial charge in [0.05, 0.1) is 19.6 Å². The van der Waals surface area contributed by atoms with Gasteiger partial charge in [0.1, 0.15) is 6.17 Å². The van der Waals surface area contributed by atoms with E-state index in [0.29, 0.717) is 6.54 Å². The molecule has 5 heteroatoms. The number of hydrogen-bond acceptors (Lipinski definition) is 4. The van der Waals surface area contributed by atoms with Crippen LogP contribution in [0.25, 0.3) is 0 Å². The highest BCUT2D eigenvalue weighted by molar-refractivity contribution is 5.84. The smallest absolute Gasteiger partial charge is 0.307 e. The van der Waals surface area contributed by atoms with E-state index in [4.69, 9.17) is 0 Å². The fraction of sp³-hybridized carbons (Fsp3) is 0.467. The topological polar surface area (TPSA) is 58.6 Å². The average Bonchev–Trinajstić information content (AvgIpc) is 2.72. The van der Waals surface area contributed by atoms with Crippen molar-refractivity contribution in [3.8, 4) is 0 Å². The van der Waals surface area contributed by atoms with E-state index in [1.54, 1.807) is 4.90 Å². The van der Waals surface area contributed by atoms with E-state index in [0.717, 1.165) is 11.1 Å². The number of nitrogens with zero attached hydrogens (tertiary/aromatic N) is 1. The van der Waals surface area contributed by atoms with Gasteiger partial charge in [-0.25, -0.2) is 0 Å². The van der Waals surface area contributed by atoms with Crippen LogP contribution >= 0.6 is 0 Å². The van der Waals surface area contributed by atoms with Crippen molar-refractivity contribution in [2.75, 3.05) is 13.7 Å². The number of hydrogen-bond donors (Lipinski definition) is 1. The lowest BCUT2D eigenvalue weighted by atomic mass is 10.1. The van der Waals surface area contributed by atoms with E-state index in [1.165, 1.54) is 7.11 Å². The first-order valence-corrected chi connectivity index (χ1v) is 6.73. The molecule has 0 aromatic heterocycles. The highest BCUT2D eigenvalue weighted by Gasteiger charge is 2.36. The first-order valence-electron chi connectivity index (χ1n) is 6.73. The Balaban J connectivity index is 2.17. The van der Waals surface area contributed by atoms with Crippen LogP contribution in [0.2, 0.25) is 0 Å². The van der Waals surface area contributed by atoms with Crippen LogP contribution in [0.3, 0.4) is 0 Å². The third kappa shape index (κ3) is 2.99. The van der Waals surface area contributed by atoms with Crippen molar-refractivity contribution in [2.24, 2.45) is 0 Å². The highest BCUT2D eigenvalue weighted by atomic mass is 16.5. The predicted molar refractivity (Wildman–Crippen MR) is 74.9 cm³/mol. The van der Waals surface area contributed by atoms with Crippen LogP contribution in [-0.4, -0.2) is 36.5 Å².